The highest BCUT2D eigenvalue weighted by atomic mass is 35.5. The molecule has 1 aliphatic heterocycles. The summed E-state index contributed by atoms with van der Waals surface area (Å²) in [5.74, 6) is 3.09. The third-order valence-corrected chi connectivity index (χ3v) is 7.02. The Hall–Kier alpha value is -3.07. The number of hydrogen-bond donors (Lipinski definition) is 1. The highest BCUT2D eigenvalue weighted by Gasteiger charge is 2.24. The number of piperidine rings is 1. The van der Waals surface area contributed by atoms with E-state index in [0.717, 1.165) is 31.3 Å². The van der Waals surface area contributed by atoms with E-state index in [0.29, 0.717) is 52.1 Å². The van der Waals surface area contributed by atoms with Crippen LogP contribution >= 0.6 is 11.6 Å². The molecule has 36 heavy (non-hydrogen) atoms. The number of aromatic nitrogens is 2. The van der Waals surface area contributed by atoms with Crippen molar-refractivity contribution in [1.29, 1.82) is 0 Å². The van der Waals surface area contributed by atoms with Crippen molar-refractivity contribution in [3.05, 3.63) is 58.4 Å². The van der Waals surface area contributed by atoms with Gasteiger partial charge in [-0.3, -0.25) is 0 Å². The van der Waals surface area contributed by atoms with Crippen LogP contribution in [0.2, 0.25) is 5.02 Å². The summed E-state index contributed by atoms with van der Waals surface area (Å²) in [5.41, 5.74) is 3.14. The number of methoxy groups -OCH3 is 1. The van der Waals surface area contributed by atoms with Gasteiger partial charge in [-0.2, -0.15) is 0 Å². The van der Waals surface area contributed by atoms with E-state index < -0.39 is 6.10 Å². The van der Waals surface area contributed by atoms with Gasteiger partial charge in [-0.1, -0.05) is 17.7 Å². The number of nitrogens with zero attached hydrogens (tertiary/aromatic N) is 3. The van der Waals surface area contributed by atoms with Crippen molar-refractivity contribution in [3.8, 4) is 23.1 Å². The zero-order chi connectivity index (χ0) is 25.2. The van der Waals surface area contributed by atoms with Crippen molar-refractivity contribution in [2.75, 3.05) is 33.4 Å². The highest BCUT2D eigenvalue weighted by Crippen LogP contribution is 2.36. The molecule has 4 aromatic rings. The number of aryl methyl sites for hydroxylation is 2. The minimum atomic E-state index is -0.612. The number of halogens is 1. The predicted molar refractivity (Wildman–Crippen MR) is 137 cm³/mol. The molecule has 0 bridgehead atoms. The maximum Gasteiger partial charge on any atom is 0.283 e. The lowest BCUT2D eigenvalue weighted by atomic mass is 9.86. The van der Waals surface area contributed by atoms with Crippen LogP contribution in [0, 0.1) is 13.8 Å². The summed E-state index contributed by atoms with van der Waals surface area (Å²) in [7, 11) is 1.64. The minimum Gasteiger partial charge on any atom is -0.495 e. The third-order valence-electron chi connectivity index (χ3n) is 6.73. The van der Waals surface area contributed by atoms with Gasteiger partial charge < -0.3 is 28.3 Å². The maximum absolute atomic E-state index is 10.7. The molecule has 0 aliphatic carbocycles. The lowest BCUT2D eigenvalue weighted by Crippen LogP contribution is -2.40. The van der Waals surface area contributed by atoms with Crippen molar-refractivity contribution in [1.82, 2.24) is 15.1 Å². The van der Waals surface area contributed by atoms with Crippen molar-refractivity contribution >= 4 is 22.6 Å². The van der Waals surface area contributed by atoms with Gasteiger partial charge in [0.05, 0.1) is 17.5 Å². The molecular weight excluding hydrogens is 482 g/mol. The Bertz CT molecular complexity index is 1340. The molecule has 1 N–H and O–H groups in total. The van der Waals surface area contributed by atoms with Crippen LogP contribution in [0.3, 0.4) is 0 Å². The first-order chi connectivity index (χ1) is 17.4. The second kappa shape index (κ2) is 10.5. The van der Waals surface area contributed by atoms with Gasteiger partial charge in [0.25, 0.3) is 5.89 Å². The van der Waals surface area contributed by atoms with Crippen LogP contribution in [0.4, 0.5) is 0 Å². The second-order valence-electron chi connectivity index (χ2n) is 9.29. The first-order valence-electron chi connectivity index (χ1n) is 12.1. The number of aliphatic hydroxyl groups is 1. The lowest BCUT2D eigenvalue weighted by Gasteiger charge is -2.34. The van der Waals surface area contributed by atoms with Crippen molar-refractivity contribution in [2.24, 2.45) is 0 Å². The number of β-amino-alcohol motifs (C(OH)–C–C–N with tert-alkyl or cyclic N) is 1. The van der Waals surface area contributed by atoms with Crippen LogP contribution in [0.15, 0.2) is 45.2 Å². The second-order valence-corrected chi connectivity index (χ2v) is 9.70. The van der Waals surface area contributed by atoms with Crippen LogP contribution < -0.4 is 9.47 Å². The summed E-state index contributed by atoms with van der Waals surface area (Å²) in [6.07, 6.45) is 1.42. The Morgan fingerprint density at radius 2 is 1.92 bits per heavy atom. The molecule has 1 saturated heterocycles. The van der Waals surface area contributed by atoms with E-state index in [-0.39, 0.29) is 6.61 Å². The van der Waals surface area contributed by atoms with Crippen molar-refractivity contribution < 1.29 is 23.4 Å². The molecule has 0 radical (unpaired) electrons. The topological polar surface area (TPSA) is 94.0 Å². The number of fused-ring (bicyclic) bond motifs is 1. The molecular formula is C27H30ClN3O5. The Kier molecular flexibility index (Phi) is 7.18. The molecule has 8 nitrogen and oxygen atoms in total. The molecule has 0 amide bonds. The molecule has 3 heterocycles. The average Bonchev–Trinajstić information content (AvgIpc) is 3.51. The van der Waals surface area contributed by atoms with Gasteiger partial charge in [0, 0.05) is 19.5 Å². The number of hydrogen-bond acceptors (Lipinski definition) is 8. The summed E-state index contributed by atoms with van der Waals surface area (Å²) >= 11 is 6.37. The van der Waals surface area contributed by atoms with Crippen LogP contribution in [-0.4, -0.2) is 59.7 Å². The molecule has 190 valence electrons. The van der Waals surface area contributed by atoms with E-state index in [9.17, 15) is 5.11 Å². The number of likely N-dealkylation sites (tertiary alicyclic amines) is 1. The standard InChI is InChI=1S/C27H30ClN3O5/c1-16-11-25(33-3)22(28)12-20(16)18-7-9-31(10-8-18)14-19(32)15-34-23-5-4-6-24-21(23)13-26(36-24)27-30-29-17(2)35-27/h4-6,11-13,18-19,32H,7-10,14-15H2,1-3H3. The van der Waals surface area contributed by atoms with Gasteiger partial charge >= 0.3 is 0 Å². The van der Waals surface area contributed by atoms with E-state index in [1.54, 1.807) is 14.0 Å². The van der Waals surface area contributed by atoms with Gasteiger partial charge in [-0.25, -0.2) is 0 Å². The number of rotatable bonds is 8. The normalized spacial score (nSPS) is 15.9. The molecule has 2 aromatic heterocycles. The fraction of sp³-hybridized carbons (Fsp3) is 0.407. The Morgan fingerprint density at radius 1 is 1.11 bits per heavy atom. The first-order valence-corrected chi connectivity index (χ1v) is 12.5. The third kappa shape index (κ3) is 5.21. The lowest BCUT2D eigenvalue weighted by molar-refractivity contribution is 0.0599. The quantitative estimate of drug-likeness (QED) is 0.337. The van der Waals surface area contributed by atoms with Gasteiger partial charge in [0.1, 0.15) is 29.8 Å². The molecule has 1 fully saturated rings. The molecule has 1 unspecified atom stereocenters. The number of aliphatic hydroxyl groups excluding tert-OH is 1. The van der Waals surface area contributed by atoms with E-state index >= 15 is 0 Å². The van der Waals surface area contributed by atoms with Crippen molar-refractivity contribution in [3.63, 3.8) is 0 Å². The number of furan rings is 1. The monoisotopic (exact) mass is 511 g/mol. The predicted octanol–water partition coefficient (Wildman–Crippen LogP) is 5.38. The summed E-state index contributed by atoms with van der Waals surface area (Å²) in [5, 5.41) is 20.0. The summed E-state index contributed by atoms with van der Waals surface area (Å²) in [6.45, 7) is 6.40. The van der Waals surface area contributed by atoms with Gasteiger partial charge in [0.2, 0.25) is 5.89 Å². The van der Waals surface area contributed by atoms with Crippen LogP contribution in [0.25, 0.3) is 22.6 Å². The van der Waals surface area contributed by atoms with Crippen LogP contribution in [-0.2, 0) is 0 Å². The summed E-state index contributed by atoms with van der Waals surface area (Å²) < 4.78 is 22.6. The largest absolute Gasteiger partial charge is 0.495 e. The molecule has 0 spiro atoms. The van der Waals surface area contributed by atoms with Crippen molar-refractivity contribution in [2.45, 2.75) is 38.7 Å². The zero-order valence-corrected chi connectivity index (χ0v) is 21.4. The zero-order valence-electron chi connectivity index (χ0n) is 20.7. The van der Waals surface area contributed by atoms with Gasteiger partial charge in [-0.05, 0) is 74.2 Å². The maximum atomic E-state index is 10.7. The fourth-order valence-corrected chi connectivity index (χ4v) is 5.14. The van der Waals surface area contributed by atoms with Gasteiger partial charge in [-0.15, -0.1) is 10.2 Å². The van der Waals surface area contributed by atoms with E-state index in [1.807, 2.05) is 36.4 Å². The molecule has 1 atom stereocenters. The van der Waals surface area contributed by atoms with E-state index in [4.69, 9.17) is 29.9 Å². The van der Waals surface area contributed by atoms with E-state index in [2.05, 4.69) is 22.0 Å². The molecule has 5 rings (SSSR count). The molecule has 0 saturated carbocycles. The number of benzene rings is 2. The van der Waals surface area contributed by atoms with Gasteiger partial charge in [0.15, 0.2) is 5.76 Å². The average molecular weight is 512 g/mol. The Morgan fingerprint density at radius 3 is 2.64 bits per heavy atom. The number of ether oxygens (including phenoxy) is 2. The van der Waals surface area contributed by atoms with E-state index in [1.165, 1.54) is 11.1 Å². The Labute approximate surface area is 214 Å². The molecule has 2 aromatic carbocycles. The smallest absolute Gasteiger partial charge is 0.283 e. The SMILES string of the molecule is COc1cc(C)c(C2CCN(CC(O)COc3cccc4oc(-c5nnc(C)o5)cc34)CC2)cc1Cl. The Balaban J connectivity index is 1.16. The summed E-state index contributed by atoms with van der Waals surface area (Å²) in [4.78, 5) is 2.29. The van der Waals surface area contributed by atoms with Crippen LogP contribution in [0.5, 0.6) is 11.5 Å². The highest BCUT2D eigenvalue weighted by molar-refractivity contribution is 6.32. The molecule has 9 heteroatoms. The first kappa shape index (κ1) is 24.6. The summed E-state index contributed by atoms with van der Waals surface area (Å²) in [6, 6.07) is 11.4. The molecule has 1 aliphatic rings. The fourth-order valence-electron chi connectivity index (χ4n) is 4.89. The van der Waals surface area contributed by atoms with Crippen LogP contribution in [0.1, 0.15) is 35.8 Å². The minimum absolute atomic E-state index is 0.187.